The third kappa shape index (κ3) is 5.06. The lowest BCUT2D eigenvalue weighted by Crippen LogP contribution is -2.48. The molecule has 2 N–H and O–H groups in total. The molecule has 7 rings (SSSR count). The molecule has 10 nitrogen and oxygen atoms in total. The fraction of sp³-hybridized carbons (Fsp3) is 0.444. The topological polar surface area (TPSA) is 116 Å². The van der Waals surface area contributed by atoms with E-state index in [1.54, 1.807) is 0 Å². The summed E-state index contributed by atoms with van der Waals surface area (Å²) in [6, 6.07) is 9.99. The lowest BCUT2D eigenvalue weighted by atomic mass is 10.2. The summed E-state index contributed by atoms with van der Waals surface area (Å²) >= 11 is 0. The highest BCUT2D eigenvalue weighted by atomic mass is 16.5. The maximum Gasteiger partial charge on any atom is 0.258 e. The zero-order chi connectivity index (χ0) is 24.8. The Kier molecular flexibility index (Phi) is 5.61. The van der Waals surface area contributed by atoms with Gasteiger partial charge >= 0.3 is 0 Å². The van der Waals surface area contributed by atoms with Crippen LogP contribution in [0.15, 0.2) is 41.1 Å². The van der Waals surface area contributed by atoms with Gasteiger partial charge in [0.2, 0.25) is 11.9 Å². The van der Waals surface area contributed by atoms with Gasteiger partial charge in [0.15, 0.2) is 5.82 Å². The number of piperazine rings is 1. The number of amides is 1. The van der Waals surface area contributed by atoms with Crippen molar-refractivity contribution < 1.29 is 9.32 Å². The van der Waals surface area contributed by atoms with Crippen LogP contribution in [0.3, 0.4) is 0 Å². The standard InChI is InChI=1S/C27H30N8O2/c36-24(14-17-1-2-17)35-11-9-34(10-12-35)16-18-7-8-28-23(13-18)31-27-29-21-6-5-20(15-22(21)30-27)26-32-25(33-37-26)19-3-4-19/h5-8,13,15,17,19H,1-4,9-12,14,16H2,(H2,28,29,30,31). The number of carbonyl (C=O) groups is 1. The number of nitrogens with zero attached hydrogens (tertiary/aromatic N) is 6. The quantitative estimate of drug-likeness (QED) is 0.373. The van der Waals surface area contributed by atoms with Gasteiger partial charge in [-0.3, -0.25) is 9.69 Å². The van der Waals surface area contributed by atoms with Crippen molar-refractivity contribution in [3.8, 4) is 11.5 Å². The summed E-state index contributed by atoms with van der Waals surface area (Å²) < 4.78 is 5.47. The summed E-state index contributed by atoms with van der Waals surface area (Å²) in [4.78, 5) is 33.8. The van der Waals surface area contributed by atoms with Gasteiger partial charge in [-0.05, 0) is 67.5 Å². The number of aromatic amines is 1. The van der Waals surface area contributed by atoms with E-state index in [0.29, 0.717) is 29.6 Å². The molecule has 4 aromatic rings. The first kappa shape index (κ1) is 22.4. The highest BCUT2D eigenvalue weighted by Gasteiger charge is 2.29. The average Bonchev–Trinajstić information content (AvgIpc) is 3.83. The zero-order valence-electron chi connectivity index (χ0n) is 20.7. The van der Waals surface area contributed by atoms with Crippen LogP contribution >= 0.6 is 0 Å². The number of pyridine rings is 1. The molecule has 0 radical (unpaired) electrons. The van der Waals surface area contributed by atoms with Crippen molar-refractivity contribution in [1.82, 2.24) is 34.9 Å². The monoisotopic (exact) mass is 498 g/mol. The smallest absolute Gasteiger partial charge is 0.258 e. The van der Waals surface area contributed by atoms with E-state index in [0.717, 1.165) is 80.2 Å². The van der Waals surface area contributed by atoms with Gasteiger partial charge < -0.3 is 19.7 Å². The van der Waals surface area contributed by atoms with Crippen LogP contribution in [0.4, 0.5) is 11.8 Å². The number of nitrogens with one attached hydrogen (secondary N) is 2. The molecule has 0 spiro atoms. The third-order valence-electron chi connectivity index (χ3n) is 7.48. The molecule has 10 heteroatoms. The van der Waals surface area contributed by atoms with E-state index in [1.165, 1.54) is 18.4 Å². The SMILES string of the molecule is O=C(CC1CC1)N1CCN(Cc2ccnc(Nc3nc4ccc(-c5nc(C6CC6)no5)cc4[nH]3)c2)CC1. The van der Waals surface area contributed by atoms with Crippen LogP contribution in [-0.4, -0.2) is 67.0 Å². The molecule has 3 fully saturated rings. The van der Waals surface area contributed by atoms with Gasteiger partial charge in [-0.15, -0.1) is 0 Å². The lowest BCUT2D eigenvalue weighted by Gasteiger charge is -2.34. The number of carbonyl (C=O) groups excluding carboxylic acids is 1. The molecule has 1 aliphatic heterocycles. The first-order valence-corrected chi connectivity index (χ1v) is 13.2. The number of hydrogen-bond acceptors (Lipinski definition) is 8. The minimum Gasteiger partial charge on any atom is -0.340 e. The predicted octanol–water partition coefficient (Wildman–Crippen LogP) is 4.07. The predicted molar refractivity (Wildman–Crippen MR) is 138 cm³/mol. The second-order valence-electron chi connectivity index (χ2n) is 10.5. The molecule has 4 heterocycles. The van der Waals surface area contributed by atoms with Crippen LogP contribution in [0.1, 0.15) is 49.4 Å². The molecule has 2 aliphatic carbocycles. The summed E-state index contributed by atoms with van der Waals surface area (Å²) in [7, 11) is 0. The van der Waals surface area contributed by atoms with Gasteiger partial charge in [0, 0.05) is 56.8 Å². The van der Waals surface area contributed by atoms with Crippen molar-refractivity contribution in [3.05, 3.63) is 47.9 Å². The fourth-order valence-corrected chi connectivity index (χ4v) is 4.94. The summed E-state index contributed by atoms with van der Waals surface area (Å²) in [5.74, 6) is 4.14. The molecule has 1 saturated heterocycles. The second-order valence-corrected chi connectivity index (χ2v) is 10.5. The van der Waals surface area contributed by atoms with Crippen LogP contribution < -0.4 is 5.32 Å². The number of imidazole rings is 1. The van der Waals surface area contributed by atoms with Crippen molar-refractivity contribution in [2.24, 2.45) is 5.92 Å². The van der Waals surface area contributed by atoms with Gasteiger partial charge in [-0.25, -0.2) is 9.97 Å². The Morgan fingerprint density at radius 3 is 2.73 bits per heavy atom. The Morgan fingerprint density at radius 1 is 1.05 bits per heavy atom. The van der Waals surface area contributed by atoms with E-state index in [4.69, 9.17) is 4.52 Å². The van der Waals surface area contributed by atoms with Crippen LogP contribution in [0.25, 0.3) is 22.5 Å². The first-order chi connectivity index (χ1) is 18.2. The second kappa shape index (κ2) is 9.26. The van der Waals surface area contributed by atoms with E-state index in [2.05, 4.69) is 41.4 Å². The third-order valence-corrected chi connectivity index (χ3v) is 7.48. The number of H-pyrrole nitrogens is 1. The molecule has 1 aromatic carbocycles. The van der Waals surface area contributed by atoms with Crippen molar-refractivity contribution in [3.63, 3.8) is 0 Å². The van der Waals surface area contributed by atoms with E-state index < -0.39 is 0 Å². The summed E-state index contributed by atoms with van der Waals surface area (Å²) in [6.45, 7) is 4.26. The minimum atomic E-state index is 0.329. The summed E-state index contributed by atoms with van der Waals surface area (Å²) in [5, 5.41) is 7.42. The number of anilines is 2. The molecular formula is C27H30N8O2. The minimum absolute atomic E-state index is 0.329. The molecule has 0 atom stereocenters. The maximum atomic E-state index is 12.4. The fourth-order valence-electron chi connectivity index (χ4n) is 4.94. The van der Waals surface area contributed by atoms with Crippen LogP contribution in [0, 0.1) is 5.92 Å². The molecular weight excluding hydrogens is 468 g/mol. The van der Waals surface area contributed by atoms with Crippen LogP contribution in [0.5, 0.6) is 0 Å². The van der Waals surface area contributed by atoms with Gasteiger partial charge in [0.25, 0.3) is 5.89 Å². The van der Waals surface area contributed by atoms with E-state index in [9.17, 15) is 4.79 Å². The number of rotatable bonds is 8. The molecule has 37 heavy (non-hydrogen) atoms. The van der Waals surface area contributed by atoms with Crippen LogP contribution in [-0.2, 0) is 11.3 Å². The molecule has 3 aliphatic rings. The highest BCUT2D eigenvalue weighted by Crippen LogP contribution is 2.39. The Labute approximate surface area is 214 Å². The normalized spacial score (nSPS) is 18.4. The Balaban J connectivity index is 0.986. The number of benzene rings is 1. The van der Waals surface area contributed by atoms with E-state index in [-0.39, 0.29) is 0 Å². The lowest BCUT2D eigenvalue weighted by molar-refractivity contribution is -0.133. The van der Waals surface area contributed by atoms with Crippen molar-refractivity contribution in [2.45, 2.75) is 44.6 Å². The maximum absolute atomic E-state index is 12.4. The largest absolute Gasteiger partial charge is 0.340 e. The molecule has 1 amide bonds. The Bertz CT molecular complexity index is 1430. The Morgan fingerprint density at radius 2 is 1.92 bits per heavy atom. The molecule has 190 valence electrons. The molecule has 3 aromatic heterocycles. The van der Waals surface area contributed by atoms with Gasteiger partial charge in [0.05, 0.1) is 11.0 Å². The van der Waals surface area contributed by atoms with Crippen molar-refractivity contribution in [2.75, 3.05) is 31.5 Å². The van der Waals surface area contributed by atoms with Gasteiger partial charge in [-0.1, -0.05) is 5.16 Å². The molecule has 0 bridgehead atoms. The van der Waals surface area contributed by atoms with Crippen molar-refractivity contribution >= 4 is 28.7 Å². The number of aromatic nitrogens is 5. The van der Waals surface area contributed by atoms with Gasteiger partial charge in [0.1, 0.15) is 5.82 Å². The van der Waals surface area contributed by atoms with E-state index in [1.807, 2.05) is 35.4 Å². The molecule has 0 unspecified atom stereocenters. The number of hydrogen-bond donors (Lipinski definition) is 2. The number of fused-ring (bicyclic) bond motifs is 1. The highest BCUT2D eigenvalue weighted by molar-refractivity contribution is 5.82. The van der Waals surface area contributed by atoms with Crippen LogP contribution in [0.2, 0.25) is 0 Å². The first-order valence-electron chi connectivity index (χ1n) is 13.2. The summed E-state index contributed by atoms with van der Waals surface area (Å²) in [5.41, 5.74) is 3.78. The van der Waals surface area contributed by atoms with E-state index >= 15 is 0 Å². The average molecular weight is 499 g/mol. The molecule has 2 saturated carbocycles. The Hall–Kier alpha value is -3.79. The summed E-state index contributed by atoms with van der Waals surface area (Å²) in [6.07, 6.45) is 7.28. The van der Waals surface area contributed by atoms with Crippen molar-refractivity contribution in [1.29, 1.82) is 0 Å². The zero-order valence-corrected chi connectivity index (χ0v) is 20.7. The van der Waals surface area contributed by atoms with Gasteiger partial charge in [-0.2, -0.15) is 4.98 Å².